The molecular weight excluding hydrogens is 256 g/mol. The summed E-state index contributed by atoms with van der Waals surface area (Å²) >= 11 is 6.46. The molecule has 3 rings (SSSR count). The molecular formula is C16H23ClN2. The lowest BCUT2D eigenvalue weighted by molar-refractivity contribution is 0.361. The molecule has 2 unspecified atom stereocenters. The predicted molar refractivity (Wildman–Crippen MR) is 82.2 cm³/mol. The fourth-order valence-electron chi connectivity index (χ4n) is 3.95. The minimum Gasteiger partial charge on any atom is -0.364 e. The molecule has 1 aromatic carbocycles. The minimum atomic E-state index is 0.668. The number of nitrogens with one attached hydrogen (secondary N) is 1. The number of anilines is 1. The third-order valence-corrected chi connectivity index (χ3v) is 4.98. The largest absolute Gasteiger partial charge is 0.364 e. The maximum atomic E-state index is 6.46. The van der Waals surface area contributed by atoms with E-state index in [1.807, 2.05) is 6.07 Å². The van der Waals surface area contributed by atoms with Gasteiger partial charge in [-0.05, 0) is 50.8 Å². The van der Waals surface area contributed by atoms with E-state index in [1.54, 1.807) is 0 Å². The molecule has 2 atom stereocenters. The van der Waals surface area contributed by atoms with Crippen molar-refractivity contribution in [2.75, 3.05) is 11.4 Å². The molecule has 104 valence electrons. The molecule has 2 aliphatic rings. The number of nitrogens with zero attached hydrogens (tertiary/aromatic N) is 1. The summed E-state index contributed by atoms with van der Waals surface area (Å²) in [7, 11) is 0. The normalized spacial score (nSPS) is 29.8. The number of hydrogen-bond acceptors (Lipinski definition) is 2. The summed E-state index contributed by atoms with van der Waals surface area (Å²) in [6.45, 7) is 5.46. The zero-order valence-electron chi connectivity index (χ0n) is 11.8. The van der Waals surface area contributed by atoms with Crippen LogP contribution in [-0.4, -0.2) is 24.7 Å². The van der Waals surface area contributed by atoms with E-state index in [1.165, 1.54) is 36.9 Å². The maximum Gasteiger partial charge on any atom is 0.0642 e. The van der Waals surface area contributed by atoms with Crippen molar-refractivity contribution >= 4 is 17.3 Å². The number of halogens is 1. The zero-order valence-corrected chi connectivity index (χ0v) is 12.6. The number of aryl methyl sites for hydroxylation is 1. The molecule has 1 aromatic rings. The fourth-order valence-corrected chi connectivity index (χ4v) is 4.27. The number of hydrogen-bond donors (Lipinski definition) is 1. The van der Waals surface area contributed by atoms with E-state index in [0.29, 0.717) is 18.1 Å². The number of piperidine rings is 1. The van der Waals surface area contributed by atoms with E-state index in [4.69, 9.17) is 11.6 Å². The van der Waals surface area contributed by atoms with Crippen LogP contribution < -0.4 is 10.2 Å². The maximum absolute atomic E-state index is 6.46. The van der Waals surface area contributed by atoms with Gasteiger partial charge in [0.1, 0.15) is 0 Å². The van der Waals surface area contributed by atoms with Crippen molar-refractivity contribution in [1.82, 2.24) is 5.32 Å². The molecule has 2 aliphatic heterocycles. The molecule has 19 heavy (non-hydrogen) atoms. The van der Waals surface area contributed by atoms with Gasteiger partial charge in [0.05, 0.1) is 10.7 Å². The summed E-state index contributed by atoms with van der Waals surface area (Å²) in [6, 6.07) is 8.29. The summed E-state index contributed by atoms with van der Waals surface area (Å²) in [6.07, 6.45) is 5.15. The van der Waals surface area contributed by atoms with Crippen LogP contribution in [0.25, 0.3) is 0 Å². The molecule has 0 radical (unpaired) electrons. The molecule has 2 fully saturated rings. The van der Waals surface area contributed by atoms with E-state index < -0.39 is 0 Å². The lowest BCUT2D eigenvalue weighted by atomic mass is 9.95. The summed E-state index contributed by atoms with van der Waals surface area (Å²) < 4.78 is 0. The first-order valence-electron chi connectivity index (χ1n) is 7.47. The average molecular weight is 279 g/mol. The minimum absolute atomic E-state index is 0.668. The molecule has 1 N–H and O–H groups in total. The van der Waals surface area contributed by atoms with E-state index in [9.17, 15) is 0 Å². The fraction of sp³-hybridized carbons (Fsp3) is 0.625. The molecule has 0 aliphatic carbocycles. The van der Waals surface area contributed by atoms with Crippen molar-refractivity contribution in [2.45, 2.75) is 57.7 Å². The predicted octanol–water partition coefficient (Wildman–Crippen LogP) is 3.76. The van der Waals surface area contributed by atoms with Crippen LogP contribution in [0.15, 0.2) is 18.2 Å². The van der Waals surface area contributed by atoms with Crippen molar-refractivity contribution in [3.8, 4) is 0 Å². The second-order valence-corrected chi connectivity index (χ2v) is 6.33. The summed E-state index contributed by atoms with van der Waals surface area (Å²) in [5.74, 6) is 0. The Kier molecular flexibility index (Phi) is 3.72. The summed E-state index contributed by atoms with van der Waals surface area (Å²) in [5.41, 5.74) is 2.60. The lowest BCUT2D eigenvalue weighted by Gasteiger charge is -2.42. The van der Waals surface area contributed by atoms with Gasteiger partial charge in [-0.1, -0.05) is 30.7 Å². The number of para-hydroxylation sites is 1. The highest BCUT2D eigenvalue weighted by Gasteiger charge is 2.41. The average Bonchev–Trinajstić information content (AvgIpc) is 2.63. The van der Waals surface area contributed by atoms with Crippen molar-refractivity contribution < 1.29 is 0 Å². The molecule has 0 amide bonds. The van der Waals surface area contributed by atoms with Crippen LogP contribution in [0.5, 0.6) is 0 Å². The Balaban J connectivity index is 1.88. The van der Waals surface area contributed by atoms with Crippen LogP contribution in [-0.2, 0) is 0 Å². The van der Waals surface area contributed by atoms with Crippen LogP contribution in [0.1, 0.15) is 38.2 Å². The molecule has 0 aromatic heterocycles. The van der Waals surface area contributed by atoms with Crippen molar-refractivity contribution in [2.24, 2.45) is 0 Å². The van der Waals surface area contributed by atoms with Crippen LogP contribution in [0.3, 0.4) is 0 Å². The van der Waals surface area contributed by atoms with Gasteiger partial charge in [0.2, 0.25) is 0 Å². The van der Waals surface area contributed by atoms with Gasteiger partial charge >= 0.3 is 0 Å². The second kappa shape index (κ2) is 5.34. The van der Waals surface area contributed by atoms with Gasteiger partial charge in [0, 0.05) is 18.1 Å². The quantitative estimate of drug-likeness (QED) is 0.906. The Labute approximate surface area is 121 Å². The Hall–Kier alpha value is -0.730. The van der Waals surface area contributed by atoms with E-state index >= 15 is 0 Å². The van der Waals surface area contributed by atoms with Crippen molar-refractivity contribution in [1.29, 1.82) is 0 Å². The summed E-state index contributed by atoms with van der Waals surface area (Å²) in [5, 5.41) is 4.54. The SMILES string of the molecule is CCNC1CC2CCC(C1)N2c1c(C)cccc1Cl. The lowest BCUT2D eigenvalue weighted by Crippen LogP contribution is -2.49. The van der Waals surface area contributed by atoms with E-state index in [0.717, 1.165) is 11.6 Å². The molecule has 0 saturated carbocycles. The van der Waals surface area contributed by atoms with Crippen LogP contribution in [0.2, 0.25) is 5.02 Å². The molecule has 2 saturated heterocycles. The van der Waals surface area contributed by atoms with Gasteiger partial charge in [-0.3, -0.25) is 0 Å². The standard InChI is InChI=1S/C16H23ClN2/c1-3-18-12-9-13-7-8-14(10-12)19(13)16-11(2)5-4-6-15(16)17/h4-6,12-14,18H,3,7-10H2,1-2H3. The third-order valence-electron chi connectivity index (χ3n) is 4.67. The Morgan fingerprint density at radius 2 is 1.95 bits per heavy atom. The molecule has 0 spiro atoms. The van der Waals surface area contributed by atoms with Gasteiger partial charge in [0.25, 0.3) is 0 Å². The Bertz CT molecular complexity index is 426. The van der Waals surface area contributed by atoms with Gasteiger partial charge < -0.3 is 10.2 Å². The number of benzene rings is 1. The smallest absolute Gasteiger partial charge is 0.0642 e. The zero-order chi connectivity index (χ0) is 13.4. The summed E-state index contributed by atoms with van der Waals surface area (Å²) in [4.78, 5) is 2.62. The van der Waals surface area contributed by atoms with E-state index in [-0.39, 0.29) is 0 Å². The van der Waals surface area contributed by atoms with Crippen LogP contribution >= 0.6 is 11.6 Å². The van der Waals surface area contributed by atoms with Gasteiger partial charge in [0.15, 0.2) is 0 Å². The van der Waals surface area contributed by atoms with Crippen molar-refractivity contribution in [3.63, 3.8) is 0 Å². The highest BCUT2D eigenvalue weighted by molar-refractivity contribution is 6.33. The molecule has 3 heteroatoms. The Morgan fingerprint density at radius 1 is 1.26 bits per heavy atom. The first kappa shape index (κ1) is 13.3. The second-order valence-electron chi connectivity index (χ2n) is 5.92. The highest BCUT2D eigenvalue weighted by Crippen LogP contribution is 2.43. The van der Waals surface area contributed by atoms with Gasteiger partial charge in [-0.25, -0.2) is 0 Å². The topological polar surface area (TPSA) is 15.3 Å². The molecule has 2 bridgehead atoms. The van der Waals surface area contributed by atoms with Crippen LogP contribution in [0.4, 0.5) is 5.69 Å². The number of rotatable bonds is 3. The van der Waals surface area contributed by atoms with E-state index in [2.05, 4.69) is 36.2 Å². The van der Waals surface area contributed by atoms with Gasteiger partial charge in [-0.15, -0.1) is 0 Å². The number of fused-ring (bicyclic) bond motifs is 2. The first-order valence-corrected chi connectivity index (χ1v) is 7.85. The van der Waals surface area contributed by atoms with Gasteiger partial charge in [-0.2, -0.15) is 0 Å². The van der Waals surface area contributed by atoms with Crippen LogP contribution in [0, 0.1) is 6.92 Å². The monoisotopic (exact) mass is 278 g/mol. The molecule has 2 nitrogen and oxygen atoms in total. The van der Waals surface area contributed by atoms with Crippen molar-refractivity contribution in [3.05, 3.63) is 28.8 Å². The third kappa shape index (κ3) is 2.36. The highest BCUT2D eigenvalue weighted by atomic mass is 35.5. The molecule has 2 heterocycles. The Morgan fingerprint density at radius 3 is 2.53 bits per heavy atom. The first-order chi connectivity index (χ1) is 9.20.